The van der Waals surface area contributed by atoms with Gasteiger partial charge in [0, 0.05) is 12.7 Å². The van der Waals surface area contributed by atoms with Crippen LogP contribution >= 0.6 is 0 Å². The monoisotopic (exact) mass is 265 g/mol. The van der Waals surface area contributed by atoms with E-state index in [0.717, 1.165) is 19.3 Å². The molecule has 0 aliphatic carbocycles. The van der Waals surface area contributed by atoms with Crippen LogP contribution in [0, 0.1) is 5.92 Å². The first-order valence-corrected chi connectivity index (χ1v) is 6.70. The molecule has 0 aliphatic heterocycles. The summed E-state index contributed by atoms with van der Waals surface area (Å²) in [6, 6.07) is 3.43. The number of nitrogens with zero attached hydrogens (tertiary/aromatic N) is 1. The third-order valence-corrected chi connectivity index (χ3v) is 3.03. The van der Waals surface area contributed by atoms with Crippen molar-refractivity contribution in [1.82, 2.24) is 10.3 Å². The minimum Gasteiger partial charge on any atom is -0.480 e. The number of carbonyl (C=O) groups excluding carboxylic acids is 1. The van der Waals surface area contributed by atoms with E-state index in [-0.39, 0.29) is 5.91 Å². The van der Waals surface area contributed by atoms with E-state index in [0.29, 0.717) is 30.5 Å². The standard InChI is InChI=1S/C14H23N3O2/c1-3-5-11(7-8-15)10-17-13(18)12-6-4-9-16-14(12)19-2/h4,6,9,11H,3,5,7-8,10,15H2,1-2H3,(H,17,18). The summed E-state index contributed by atoms with van der Waals surface area (Å²) in [5, 5.41) is 2.93. The van der Waals surface area contributed by atoms with Crippen LogP contribution in [-0.2, 0) is 0 Å². The van der Waals surface area contributed by atoms with Crippen molar-refractivity contribution in [3.63, 3.8) is 0 Å². The van der Waals surface area contributed by atoms with Crippen LogP contribution in [0.3, 0.4) is 0 Å². The number of ether oxygens (including phenoxy) is 1. The average Bonchev–Trinajstić information content (AvgIpc) is 2.44. The Morgan fingerprint density at radius 1 is 1.53 bits per heavy atom. The number of nitrogens with two attached hydrogens (primary N) is 1. The van der Waals surface area contributed by atoms with Crippen LogP contribution in [0.25, 0.3) is 0 Å². The molecule has 0 bridgehead atoms. The molecule has 1 atom stereocenters. The SMILES string of the molecule is CCCC(CCN)CNC(=O)c1cccnc1OC. The van der Waals surface area contributed by atoms with E-state index in [2.05, 4.69) is 17.2 Å². The van der Waals surface area contributed by atoms with Gasteiger partial charge in [0.2, 0.25) is 5.88 Å². The average molecular weight is 265 g/mol. The first-order valence-electron chi connectivity index (χ1n) is 6.70. The smallest absolute Gasteiger partial charge is 0.256 e. The molecule has 0 aromatic carbocycles. The Balaban J connectivity index is 2.58. The summed E-state index contributed by atoms with van der Waals surface area (Å²) in [6.07, 6.45) is 4.70. The molecular weight excluding hydrogens is 242 g/mol. The van der Waals surface area contributed by atoms with Gasteiger partial charge in [-0.25, -0.2) is 4.98 Å². The molecule has 19 heavy (non-hydrogen) atoms. The third-order valence-electron chi connectivity index (χ3n) is 3.03. The Bertz CT molecular complexity index is 390. The van der Waals surface area contributed by atoms with Crippen LogP contribution in [0.15, 0.2) is 18.3 Å². The maximum absolute atomic E-state index is 12.1. The second kappa shape index (κ2) is 8.48. The van der Waals surface area contributed by atoms with E-state index in [1.807, 2.05) is 0 Å². The Kier molecular flexibility index (Phi) is 6.89. The molecule has 1 heterocycles. The van der Waals surface area contributed by atoms with Gasteiger partial charge in [-0.1, -0.05) is 13.3 Å². The van der Waals surface area contributed by atoms with Crippen molar-refractivity contribution in [2.75, 3.05) is 20.2 Å². The Hall–Kier alpha value is -1.62. The van der Waals surface area contributed by atoms with Crippen molar-refractivity contribution in [2.24, 2.45) is 11.7 Å². The maximum Gasteiger partial charge on any atom is 0.256 e. The van der Waals surface area contributed by atoms with Gasteiger partial charge in [0.05, 0.1) is 7.11 Å². The van der Waals surface area contributed by atoms with Gasteiger partial charge in [-0.15, -0.1) is 0 Å². The summed E-state index contributed by atoms with van der Waals surface area (Å²) in [7, 11) is 1.51. The van der Waals surface area contributed by atoms with Gasteiger partial charge in [0.15, 0.2) is 0 Å². The molecule has 5 heteroatoms. The molecular formula is C14H23N3O2. The van der Waals surface area contributed by atoms with Crippen molar-refractivity contribution in [1.29, 1.82) is 0 Å². The van der Waals surface area contributed by atoms with Crippen LogP contribution in [0.5, 0.6) is 5.88 Å². The number of carbonyl (C=O) groups is 1. The Morgan fingerprint density at radius 3 is 2.95 bits per heavy atom. The topological polar surface area (TPSA) is 77.2 Å². The minimum atomic E-state index is -0.150. The highest BCUT2D eigenvalue weighted by molar-refractivity contribution is 5.96. The predicted molar refractivity (Wildman–Crippen MR) is 75.2 cm³/mol. The summed E-state index contributed by atoms with van der Waals surface area (Å²) in [6.45, 7) is 3.42. The van der Waals surface area contributed by atoms with Gasteiger partial charge in [-0.05, 0) is 37.4 Å². The highest BCUT2D eigenvalue weighted by atomic mass is 16.5. The lowest BCUT2D eigenvalue weighted by atomic mass is 10.00. The number of amides is 1. The first-order chi connectivity index (χ1) is 9.22. The first kappa shape index (κ1) is 15.4. The molecule has 0 aliphatic rings. The molecule has 1 amide bonds. The molecule has 1 aromatic heterocycles. The lowest BCUT2D eigenvalue weighted by Gasteiger charge is -2.16. The number of rotatable bonds is 8. The van der Waals surface area contributed by atoms with Crippen molar-refractivity contribution in [3.8, 4) is 5.88 Å². The Morgan fingerprint density at radius 2 is 2.32 bits per heavy atom. The van der Waals surface area contributed by atoms with E-state index < -0.39 is 0 Å². The zero-order chi connectivity index (χ0) is 14.1. The summed E-state index contributed by atoms with van der Waals surface area (Å²) in [5.74, 6) is 0.635. The van der Waals surface area contributed by atoms with Gasteiger partial charge in [-0.2, -0.15) is 0 Å². The molecule has 0 saturated heterocycles. The van der Waals surface area contributed by atoms with E-state index >= 15 is 0 Å². The molecule has 1 rings (SSSR count). The van der Waals surface area contributed by atoms with Crippen LogP contribution in [0.1, 0.15) is 36.5 Å². The molecule has 1 aromatic rings. The van der Waals surface area contributed by atoms with Crippen molar-refractivity contribution < 1.29 is 9.53 Å². The molecule has 5 nitrogen and oxygen atoms in total. The number of hydrogen-bond donors (Lipinski definition) is 2. The van der Waals surface area contributed by atoms with E-state index in [9.17, 15) is 4.79 Å². The van der Waals surface area contributed by atoms with Crippen molar-refractivity contribution >= 4 is 5.91 Å². The van der Waals surface area contributed by atoms with E-state index in [4.69, 9.17) is 10.5 Å². The fraction of sp³-hybridized carbons (Fsp3) is 0.571. The zero-order valence-electron chi connectivity index (χ0n) is 11.7. The molecule has 106 valence electrons. The normalized spacial score (nSPS) is 11.9. The van der Waals surface area contributed by atoms with Crippen LogP contribution in [-0.4, -0.2) is 31.1 Å². The fourth-order valence-electron chi connectivity index (χ4n) is 2.05. The lowest BCUT2D eigenvalue weighted by Crippen LogP contribution is -2.30. The fourth-order valence-corrected chi connectivity index (χ4v) is 2.05. The largest absolute Gasteiger partial charge is 0.480 e. The maximum atomic E-state index is 12.1. The van der Waals surface area contributed by atoms with E-state index in [1.165, 1.54) is 7.11 Å². The summed E-state index contributed by atoms with van der Waals surface area (Å²) in [4.78, 5) is 16.1. The summed E-state index contributed by atoms with van der Waals surface area (Å²) < 4.78 is 5.08. The van der Waals surface area contributed by atoms with Gasteiger partial charge in [0.1, 0.15) is 5.56 Å². The minimum absolute atomic E-state index is 0.150. The van der Waals surface area contributed by atoms with Gasteiger partial charge in [-0.3, -0.25) is 4.79 Å². The van der Waals surface area contributed by atoms with Crippen molar-refractivity contribution in [2.45, 2.75) is 26.2 Å². The predicted octanol–water partition coefficient (Wildman–Crippen LogP) is 1.59. The number of hydrogen-bond acceptors (Lipinski definition) is 4. The van der Waals surface area contributed by atoms with Gasteiger partial charge >= 0.3 is 0 Å². The molecule has 0 saturated carbocycles. The number of methoxy groups -OCH3 is 1. The second-order valence-corrected chi connectivity index (χ2v) is 4.50. The molecule has 3 N–H and O–H groups in total. The van der Waals surface area contributed by atoms with Gasteiger partial charge in [0.25, 0.3) is 5.91 Å². The third kappa shape index (κ3) is 4.87. The lowest BCUT2D eigenvalue weighted by molar-refractivity contribution is 0.0942. The highest BCUT2D eigenvalue weighted by Crippen LogP contribution is 2.14. The van der Waals surface area contributed by atoms with Crippen molar-refractivity contribution in [3.05, 3.63) is 23.9 Å². The van der Waals surface area contributed by atoms with E-state index in [1.54, 1.807) is 18.3 Å². The highest BCUT2D eigenvalue weighted by Gasteiger charge is 2.14. The summed E-state index contributed by atoms with van der Waals surface area (Å²) >= 11 is 0. The number of aromatic nitrogens is 1. The summed E-state index contributed by atoms with van der Waals surface area (Å²) in [5.41, 5.74) is 6.05. The second-order valence-electron chi connectivity index (χ2n) is 4.50. The molecule has 0 spiro atoms. The van der Waals surface area contributed by atoms with Crippen LogP contribution < -0.4 is 15.8 Å². The quantitative estimate of drug-likeness (QED) is 0.748. The molecule has 1 unspecified atom stereocenters. The van der Waals surface area contributed by atoms with Gasteiger partial charge < -0.3 is 15.8 Å². The zero-order valence-corrected chi connectivity index (χ0v) is 11.7. The van der Waals surface area contributed by atoms with Crippen LogP contribution in [0.2, 0.25) is 0 Å². The molecule has 0 radical (unpaired) electrons. The Labute approximate surface area is 114 Å². The van der Waals surface area contributed by atoms with Crippen LogP contribution in [0.4, 0.5) is 0 Å². The number of nitrogens with one attached hydrogen (secondary N) is 1. The number of pyridine rings is 1. The molecule has 0 fully saturated rings.